The standard InChI is InChI=1S/C15H16BrN3O4S/c1-22-14-8-17-9-15(18-14)23-12-6-7-19(10-12)24(20,21)13-4-2-11(16)3-5-13/h2-5,8-9,12H,6-7,10H2,1H3. The van der Waals surface area contributed by atoms with E-state index in [-0.39, 0.29) is 17.5 Å². The molecule has 0 aliphatic carbocycles. The Morgan fingerprint density at radius 3 is 2.62 bits per heavy atom. The van der Waals surface area contributed by atoms with E-state index in [2.05, 4.69) is 25.9 Å². The van der Waals surface area contributed by atoms with Gasteiger partial charge in [0, 0.05) is 11.0 Å². The molecule has 1 fully saturated rings. The Kier molecular flexibility index (Phi) is 5.02. The third kappa shape index (κ3) is 3.68. The van der Waals surface area contributed by atoms with Crippen LogP contribution in [-0.2, 0) is 10.0 Å². The molecule has 24 heavy (non-hydrogen) atoms. The van der Waals surface area contributed by atoms with E-state index in [9.17, 15) is 8.42 Å². The molecule has 0 spiro atoms. The molecule has 0 saturated carbocycles. The zero-order valence-corrected chi connectivity index (χ0v) is 15.3. The van der Waals surface area contributed by atoms with Gasteiger partial charge in [-0.1, -0.05) is 15.9 Å². The number of halogens is 1. The Hall–Kier alpha value is -1.71. The molecule has 1 unspecified atom stereocenters. The smallest absolute Gasteiger partial charge is 0.243 e. The van der Waals surface area contributed by atoms with Crippen LogP contribution in [0.3, 0.4) is 0 Å². The quantitative estimate of drug-likeness (QED) is 0.746. The van der Waals surface area contributed by atoms with Gasteiger partial charge in [-0.3, -0.25) is 4.98 Å². The van der Waals surface area contributed by atoms with E-state index < -0.39 is 10.0 Å². The first-order chi connectivity index (χ1) is 11.5. The van der Waals surface area contributed by atoms with E-state index in [0.29, 0.717) is 24.7 Å². The van der Waals surface area contributed by atoms with Crippen LogP contribution < -0.4 is 9.47 Å². The molecule has 2 aromatic rings. The fraction of sp³-hybridized carbons (Fsp3) is 0.333. The first-order valence-corrected chi connectivity index (χ1v) is 9.51. The Labute approximate surface area is 148 Å². The highest BCUT2D eigenvalue weighted by Gasteiger charge is 2.33. The van der Waals surface area contributed by atoms with Crippen LogP contribution in [0.15, 0.2) is 46.0 Å². The lowest BCUT2D eigenvalue weighted by atomic mass is 10.3. The molecular formula is C15H16BrN3O4S. The van der Waals surface area contributed by atoms with Crippen molar-refractivity contribution in [3.8, 4) is 11.8 Å². The minimum absolute atomic E-state index is 0.267. The van der Waals surface area contributed by atoms with E-state index in [1.807, 2.05) is 0 Å². The molecule has 0 N–H and O–H groups in total. The van der Waals surface area contributed by atoms with Crippen LogP contribution in [0.4, 0.5) is 0 Å². The first kappa shape index (κ1) is 17.1. The fourth-order valence-electron chi connectivity index (χ4n) is 2.42. The third-order valence-electron chi connectivity index (χ3n) is 3.65. The van der Waals surface area contributed by atoms with E-state index >= 15 is 0 Å². The average Bonchev–Trinajstić information content (AvgIpc) is 3.05. The predicted molar refractivity (Wildman–Crippen MR) is 90.5 cm³/mol. The van der Waals surface area contributed by atoms with Gasteiger partial charge in [-0.15, -0.1) is 0 Å². The molecule has 1 aromatic heterocycles. The lowest BCUT2D eigenvalue weighted by Crippen LogP contribution is -2.31. The zero-order valence-electron chi connectivity index (χ0n) is 12.9. The number of ether oxygens (including phenoxy) is 2. The van der Waals surface area contributed by atoms with Crippen molar-refractivity contribution >= 4 is 26.0 Å². The Balaban J connectivity index is 1.69. The van der Waals surface area contributed by atoms with Gasteiger partial charge in [-0.25, -0.2) is 8.42 Å². The molecule has 7 nitrogen and oxygen atoms in total. The number of benzene rings is 1. The average molecular weight is 414 g/mol. The third-order valence-corrected chi connectivity index (χ3v) is 6.05. The van der Waals surface area contributed by atoms with Crippen LogP contribution in [0.1, 0.15) is 6.42 Å². The highest BCUT2D eigenvalue weighted by molar-refractivity contribution is 9.10. The van der Waals surface area contributed by atoms with Crippen molar-refractivity contribution in [2.45, 2.75) is 17.4 Å². The van der Waals surface area contributed by atoms with Crippen molar-refractivity contribution in [3.05, 3.63) is 41.1 Å². The van der Waals surface area contributed by atoms with Crippen molar-refractivity contribution in [2.24, 2.45) is 0 Å². The number of hydrogen-bond acceptors (Lipinski definition) is 6. The SMILES string of the molecule is COc1cncc(OC2CCN(S(=O)(=O)c3ccc(Br)cc3)C2)n1. The van der Waals surface area contributed by atoms with Gasteiger partial charge in [-0.05, 0) is 30.7 Å². The van der Waals surface area contributed by atoms with Crippen molar-refractivity contribution in [3.63, 3.8) is 0 Å². The summed E-state index contributed by atoms with van der Waals surface area (Å²) < 4.78 is 38.3. The van der Waals surface area contributed by atoms with Crippen LogP contribution in [0, 0.1) is 0 Å². The molecule has 1 aromatic carbocycles. The van der Waals surface area contributed by atoms with Gasteiger partial charge in [-0.2, -0.15) is 9.29 Å². The fourth-order valence-corrected chi connectivity index (χ4v) is 4.18. The molecule has 0 amide bonds. The molecule has 0 bridgehead atoms. The summed E-state index contributed by atoms with van der Waals surface area (Å²) in [6.45, 7) is 0.678. The monoisotopic (exact) mass is 413 g/mol. The molecule has 0 radical (unpaired) electrons. The second-order valence-electron chi connectivity index (χ2n) is 5.25. The second kappa shape index (κ2) is 7.04. The molecule has 9 heteroatoms. The first-order valence-electron chi connectivity index (χ1n) is 7.27. The van der Waals surface area contributed by atoms with E-state index in [1.54, 1.807) is 24.3 Å². The second-order valence-corrected chi connectivity index (χ2v) is 8.10. The summed E-state index contributed by atoms with van der Waals surface area (Å²) in [4.78, 5) is 8.37. The number of rotatable bonds is 5. The lowest BCUT2D eigenvalue weighted by molar-refractivity contribution is 0.203. The molecule has 3 rings (SSSR count). The number of hydrogen-bond donors (Lipinski definition) is 0. The van der Waals surface area contributed by atoms with Crippen LogP contribution in [0.2, 0.25) is 0 Å². The number of aromatic nitrogens is 2. The minimum Gasteiger partial charge on any atom is -0.480 e. The van der Waals surface area contributed by atoms with Crippen LogP contribution in [0.5, 0.6) is 11.8 Å². The van der Waals surface area contributed by atoms with Gasteiger partial charge >= 0.3 is 0 Å². The van der Waals surface area contributed by atoms with Crippen molar-refractivity contribution in [1.82, 2.24) is 14.3 Å². The Bertz CT molecular complexity index is 814. The predicted octanol–water partition coefficient (Wildman–Crippen LogP) is 2.09. The van der Waals surface area contributed by atoms with Gasteiger partial charge in [0.2, 0.25) is 21.8 Å². The molecule has 1 aliphatic heterocycles. The summed E-state index contributed by atoms with van der Waals surface area (Å²) in [7, 11) is -2.03. The van der Waals surface area contributed by atoms with E-state index in [4.69, 9.17) is 9.47 Å². The molecule has 2 heterocycles. The summed E-state index contributed by atoms with van der Waals surface area (Å²) in [6.07, 6.45) is 3.28. The summed E-state index contributed by atoms with van der Waals surface area (Å²) in [5.74, 6) is 0.673. The van der Waals surface area contributed by atoms with Gasteiger partial charge < -0.3 is 9.47 Å². The van der Waals surface area contributed by atoms with Gasteiger partial charge in [0.05, 0.1) is 30.9 Å². The molecule has 128 valence electrons. The van der Waals surface area contributed by atoms with Crippen molar-refractivity contribution < 1.29 is 17.9 Å². The Morgan fingerprint density at radius 2 is 1.92 bits per heavy atom. The number of sulfonamides is 1. The van der Waals surface area contributed by atoms with Gasteiger partial charge in [0.15, 0.2) is 0 Å². The summed E-state index contributed by atoms with van der Waals surface area (Å²) in [5.41, 5.74) is 0. The molecule has 1 saturated heterocycles. The van der Waals surface area contributed by atoms with E-state index in [1.165, 1.54) is 23.8 Å². The maximum atomic E-state index is 12.7. The topological polar surface area (TPSA) is 81.6 Å². The van der Waals surface area contributed by atoms with Crippen LogP contribution in [0.25, 0.3) is 0 Å². The highest BCUT2D eigenvalue weighted by atomic mass is 79.9. The van der Waals surface area contributed by atoms with Crippen LogP contribution in [-0.4, -0.2) is 49.0 Å². The summed E-state index contributed by atoms with van der Waals surface area (Å²) in [6, 6.07) is 6.59. The Morgan fingerprint density at radius 1 is 1.21 bits per heavy atom. The largest absolute Gasteiger partial charge is 0.480 e. The normalized spacial score (nSPS) is 18.5. The maximum absolute atomic E-state index is 12.7. The molecular weight excluding hydrogens is 398 g/mol. The van der Waals surface area contributed by atoms with Crippen molar-refractivity contribution in [2.75, 3.05) is 20.2 Å². The molecule has 1 aliphatic rings. The van der Waals surface area contributed by atoms with Gasteiger partial charge in [0.1, 0.15) is 6.10 Å². The lowest BCUT2D eigenvalue weighted by Gasteiger charge is -2.17. The highest BCUT2D eigenvalue weighted by Crippen LogP contribution is 2.24. The summed E-state index contributed by atoms with van der Waals surface area (Å²) in [5, 5.41) is 0. The van der Waals surface area contributed by atoms with Crippen LogP contribution >= 0.6 is 15.9 Å². The molecule has 1 atom stereocenters. The number of methoxy groups -OCH3 is 1. The number of nitrogens with zero attached hydrogens (tertiary/aromatic N) is 3. The van der Waals surface area contributed by atoms with E-state index in [0.717, 1.165) is 4.47 Å². The maximum Gasteiger partial charge on any atom is 0.243 e. The van der Waals surface area contributed by atoms with Gasteiger partial charge in [0.25, 0.3) is 0 Å². The van der Waals surface area contributed by atoms with Crippen molar-refractivity contribution in [1.29, 1.82) is 0 Å². The zero-order chi connectivity index (χ0) is 17.2. The minimum atomic E-state index is -3.52. The summed E-state index contributed by atoms with van der Waals surface area (Å²) >= 11 is 3.30.